The minimum atomic E-state index is 0.104. The van der Waals surface area contributed by atoms with E-state index in [9.17, 15) is 9.90 Å². The molecule has 0 spiro atoms. The molecule has 1 aromatic rings. The van der Waals surface area contributed by atoms with Crippen molar-refractivity contribution in [3.05, 3.63) is 29.8 Å². The lowest BCUT2D eigenvalue weighted by atomic mass is 9.84. The molecule has 2 aliphatic rings. The van der Waals surface area contributed by atoms with Crippen LogP contribution in [0.15, 0.2) is 24.3 Å². The van der Waals surface area contributed by atoms with Gasteiger partial charge < -0.3 is 15.2 Å². The number of amides is 1. The van der Waals surface area contributed by atoms with Gasteiger partial charge in [0.05, 0.1) is 6.61 Å². The molecule has 1 aromatic carbocycles. The zero-order valence-electron chi connectivity index (χ0n) is 13.0. The van der Waals surface area contributed by atoms with Crippen molar-refractivity contribution in [3.63, 3.8) is 0 Å². The van der Waals surface area contributed by atoms with E-state index in [-0.39, 0.29) is 30.4 Å². The molecule has 2 N–H and O–H groups in total. The van der Waals surface area contributed by atoms with Crippen LogP contribution < -0.4 is 10.1 Å². The van der Waals surface area contributed by atoms with Gasteiger partial charge in [-0.2, -0.15) is 0 Å². The Bertz CT molecular complexity index is 517. The van der Waals surface area contributed by atoms with Crippen molar-refractivity contribution in [2.75, 3.05) is 13.2 Å². The van der Waals surface area contributed by atoms with Gasteiger partial charge in [-0.05, 0) is 36.8 Å². The number of para-hydroxylation sites is 1. The highest BCUT2D eigenvalue weighted by molar-refractivity contribution is 5.77. The number of hydrogen-bond donors (Lipinski definition) is 2. The maximum Gasteiger partial charge on any atom is 0.220 e. The topological polar surface area (TPSA) is 58.6 Å². The Balaban J connectivity index is 1.60. The Morgan fingerprint density at radius 2 is 2.05 bits per heavy atom. The Morgan fingerprint density at radius 1 is 1.23 bits per heavy atom. The molecule has 4 nitrogen and oxygen atoms in total. The molecule has 1 saturated carbocycles. The van der Waals surface area contributed by atoms with E-state index in [1.807, 2.05) is 18.2 Å². The van der Waals surface area contributed by atoms with E-state index in [0.717, 1.165) is 43.4 Å². The summed E-state index contributed by atoms with van der Waals surface area (Å²) in [6.07, 6.45) is 5.70. The first-order valence-electron chi connectivity index (χ1n) is 8.40. The molecule has 4 heteroatoms. The third-order valence-corrected chi connectivity index (χ3v) is 5.00. The molecule has 120 valence electrons. The summed E-state index contributed by atoms with van der Waals surface area (Å²) < 4.78 is 5.65. The summed E-state index contributed by atoms with van der Waals surface area (Å²) in [5, 5.41) is 12.6. The molecular weight excluding hydrogens is 278 g/mol. The summed E-state index contributed by atoms with van der Waals surface area (Å²) in [5.74, 6) is 1.48. The fourth-order valence-electron chi connectivity index (χ4n) is 3.73. The van der Waals surface area contributed by atoms with Crippen molar-refractivity contribution >= 4 is 5.91 Å². The van der Waals surface area contributed by atoms with Gasteiger partial charge in [0, 0.05) is 25.0 Å². The van der Waals surface area contributed by atoms with E-state index in [4.69, 9.17) is 4.74 Å². The lowest BCUT2D eigenvalue weighted by Gasteiger charge is -2.32. The minimum Gasteiger partial charge on any atom is -0.493 e. The minimum absolute atomic E-state index is 0.104. The molecular formula is C18H25NO3. The fraction of sp³-hybridized carbons (Fsp3) is 0.611. The van der Waals surface area contributed by atoms with Crippen LogP contribution in [0.4, 0.5) is 0 Å². The Kier molecular flexibility index (Phi) is 4.98. The molecule has 1 heterocycles. The van der Waals surface area contributed by atoms with Gasteiger partial charge in [0.25, 0.3) is 0 Å². The van der Waals surface area contributed by atoms with Crippen molar-refractivity contribution in [1.29, 1.82) is 0 Å². The van der Waals surface area contributed by atoms with Gasteiger partial charge >= 0.3 is 0 Å². The number of benzene rings is 1. The van der Waals surface area contributed by atoms with Gasteiger partial charge in [-0.15, -0.1) is 0 Å². The van der Waals surface area contributed by atoms with Gasteiger partial charge in [-0.3, -0.25) is 4.79 Å². The van der Waals surface area contributed by atoms with E-state index in [0.29, 0.717) is 13.0 Å². The zero-order valence-corrected chi connectivity index (χ0v) is 13.0. The van der Waals surface area contributed by atoms with Gasteiger partial charge in [0.15, 0.2) is 0 Å². The second-order valence-electron chi connectivity index (χ2n) is 6.48. The van der Waals surface area contributed by atoms with Crippen LogP contribution in [0, 0.1) is 5.92 Å². The molecule has 3 rings (SSSR count). The van der Waals surface area contributed by atoms with Crippen molar-refractivity contribution in [1.82, 2.24) is 5.32 Å². The van der Waals surface area contributed by atoms with Crippen LogP contribution in [0.3, 0.4) is 0 Å². The molecule has 1 aliphatic heterocycles. The Morgan fingerprint density at radius 3 is 2.91 bits per heavy atom. The van der Waals surface area contributed by atoms with E-state index in [1.54, 1.807) is 0 Å². The number of hydrogen-bond acceptors (Lipinski definition) is 3. The van der Waals surface area contributed by atoms with Crippen LogP contribution in [-0.2, 0) is 4.79 Å². The van der Waals surface area contributed by atoms with E-state index in [1.165, 1.54) is 0 Å². The maximum absolute atomic E-state index is 12.4. The molecule has 1 aliphatic carbocycles. The van der Waals surface area contributed by atoms with Crippen LogP contribution in [0.5, 0.6) is 5.75 Å². The smallest absolute Gasteiger partial charge is 0.220 e. The second kappa shape index (κ2) is 7.14. The molecule has 1 amide bonds. The van der Waals surface area contributed by atoms with Gasteiger partial charge in [-0.1, -0.05) is 31.0 Å². The number of rotatable bonds is 4. The molecule has 0 unspecified atom stereocenters. The molecule has 22 heavy (non-hydrogen) atoms. The van der Waals surface area contributed by atoms with Crippen molar-refractivity contribution in [3.8, 4) is 5.75 Å². The standard InChI is InChI=1S/C18H25NO3/c20-12-14-5-1-3-7-16(14)19-18(21)11-13-9-10-22-17-8-4-2-6-15(13)17/h2,4,6,8,13-14,16,20H,1,3,5,7,9-12H2,(H,19,21)/t13-,14+,16-/m0/s1. The van der Waals surface area contributed by atoms with E-state index in [2.05, 4.69) is 11.4 Å². The summed E-state index contributed by atoms with van der Waals surface area (Å²) in [7, 11) is 0. The zero-order chi connectivity index (χ0) is 15.4. The van der Waals surface area contributed by atoms with E-state index < -0.39 is 0 Å². The average molecular weight is 303 g/mol. The highest BCUT2D eigenvalue weighted by Gasteiger charge is 2.28. The molecule has 0 bridgehead atoms. The average Bonchev–Trinajstić information content (AvgIpc) is 2.55. The number of carbonyl (C=O) groups is 1. The SMILES string of the molecule is O=C(C[C@@H]1CCOc2ccccc21)N[C@H]1CCCC[C@@H]1CO. The molecule has 0 radical (unpaired) electrons. The van der Waals surface area contributed by atoms with Crippen molar-refractivity contribution in [2.24, 2.45) is 5.92 Å². The highest BCUT2D eigenvalue weighted by Crippen LogP contribution is 2.35. The third kappa shape index (κ3) is 3.43. The van der Waals surface area contributed by atoms with Crippen LogP contribution in [0.1, 0.15) is 50.0 Å². The second-order valence-corrected chi connectivity index (χ2v) is 6.48. The van der Waals surface area contributed by atoms with Crippen LogP contribution in [-0.4, -0.2) is 30.3 Å². The Hall–Kier alpha value is -1.55. The van der Waals surface area contributed by atoms with Crippen molar-refractivity contribution in [2.45, 2.75) is 50.5 Å². The van der Waals surface area contributed by atoms with Crippen molar-refractivity contribution < 1.29 is 14.6 Å². The monoisotopic (exact) mass is 303 g/mol. The quantitative estimate of drug-likeness (QED) is 0.899. The number of carbonyl (C=O) groups excluding carboxylic acids is 1. The number of aliphatic hydroxyl groups is 1. The summed E-state index contributed by atoms with van der Waals surface area (Å²) in [5.41, 5.74) is 1.14. The largest absolute Gasteiger partial charge is 0.493 e. The fourth-order valence-corrected chi connectivity index (χ4v) is 3.73. The predicted molar refractivity (Wildman–Crippen MR) is 84.9 cm³/mol. The normalized spacial score (nSPS) is 27.6. The number of fused-ring (bicyclic) bond motifs is 1. The Labute approximate surface area is 131 Å². The van der Waals surface area contributed by atoms with Crippen LogP contribution >= 0.6 is 0 Å². The summed E-state index contributed by atoms with van der Waals surface area (Å²) in [6, 6.07) is 8.14. The summed E-state index contributed by atoms with van der Waals surface area (Å²) in [4.78, 5) is 12.4. The maximum atomic E-state index is 12.4. The van der Waals surface area contributed by atoms with Gasteiger partial charge in [0.1, 0.15) is 5.75 Å². The summed E-state index contributed by atoms with van der Waals surface area (Å²) >= 11 is 0. The van der Waals surface area contributed by atoms with Gasteiger partial charge in [0.2, 0.25) is 5.91 Å². The predicted octanol–water partition coefficient (Wildman–Crippen LogP) is 2.61. The number of ether oxygens (including phenoxy) is 1. The highest BCUT2D eigenvalue weighted by atomic mass is 16.5. The molecule has 0 aromatic heterocycles. The van der Waals surface area contributed by atoms with Gasteiger partial charge in [-0.25, -0.2) is 0 Å². The number of nitrogens with one attached hydrogen (secondary N) is 1. The molecule has 1 fully saturated rings. The van der Waals surface area contributed by atoms with Crippen LogP contribution in [0.2, 0.25) is 0 Å². The lowest BCUT2D eigenvalue weighted by Crippen LogP contribution is -2.43. The van der Waals surface area contributed by atoms with Crippen LogP contribution in [0.25, 0.3) is 0 Å². The first-order valence-corrected chi connectivity index (χ1v) is 8.40. The lowest BCUT2D eigenvalue weighted by molar-refractivity contribution is -0.123. The first-order chi connectivity index (χ1) is 10.8. The molecule has 3 atom stereocenters. The third-order valence-electron chi connectivity index (χ3n) is 5.00. The summed E-state index contributed by atoms with van der Waals surface area (Å²) in [6.45, 7) is 0.850. The van der Waals surface area contributed by atoms with E-state index >= 15 is 0 Å². The number of aliphatic hydroxyl groups excluding tert-OH is 1. The molecule has 0 saturated heterocycles. The first kappa shape index (κ1) is 15.3.